The Bertz CT molecular complexity index is 479. The first-order valence-electron chi connectivity index (χ1n) is 4.45. The Balaban J connectivity index is 3.23. The smallest absolute Gasteiger partial charge is 0.235 e. The number of rotatable bonds is 3. The zero-order chi connectivity index (χ0) is 11.6. The largest absolute Gasteiger partial charge is 0.369 e. The van der Waals surface area contributed by atoms with Crippen molar-refractivity contribution in [3.05, 3.63) is 29.8 Å². The van der Waals surface area contributed by atoms with Crippen molar-refractivity contribution in [2.45, 2.75) is 24.0 Å². The second kappa shape index (κ2) is 4.02. The minimum absolute atomic E-state index is 0.133. The van der Waals surface area contributed by atoms with E-state index in [-0.39, 0.29) is 4.90 Å². The zero-order valence-corrected chi connectivity index (χ0v) is 9.41. The van der Waals surface area contributed by atoms with Crippen LogP contribution in [0.3, 0.4) is 0 Å². The zero-order valence-electron chi connectivity index (χ0n) is 8.60. The summed E-state index contributed by atoms with van der Waals surface area (Å²) in [7, 11) is -3.64. The summed E-state index contributed by atoms with van der Waals surface area (Å²) in [6, 6.07) is 6.40. The van der Waals surface area contributed by atoms with Gasteiger partial charge in [-0.25, -0.2) is 8.42 Å². The fourth-order valence-corrected chi connectivity index (χ4v) is 2.48. The number of benzene rings is 1. The second-order valence-electron chi connectivity index (χ2n) is 3.41. The molecule has 0 bridgehead atoms. The predicted molar refractivity (Wildman–Crippen MR) is 57.0 cm³/mol. The van der Waals surface area contributed by atoms with E-state index in [0.717, 1.165) is 5.56 Å². The number of sulfone groups is 1. The molecule has 0 spiro atoms. The van der Waals surface area contributed by atoms with E-state index >= 15 is 0 Å². The molecule has 5 heteroatoms. The lowest BCUT2D eigenvalue weighted by atomic mass is 10.2. The predicted octanol–water partition coefficient (Wildman–Crippen LogP) is 0.643. The molecule has 1 aromatic carbocycles. The number of nitrogens with two attached hydrogens (primary N) is 1. The van der Waals surface area contributed by atoms with Gasteiger partial charge in [-0.05, 0) is 31.5 Å². The lowest BCUT2D eigenvalue weighted by Crippen LogP contribution is -2.33. The molecule has 1 atom stereocenters. The van der Waals surface area contributed by atoms with Crippen molar-refractivity contribution < 1.29 is 13.2 Å². The molecule has 1 amide bonds. The van der Waals surface area contributed by atoms with Gasteiger partial charge in [0.05, 0.1) is 4.90 Å². The van der Waals surface area contributed by atoms with Crippen LogP contribution in [0.4, 0.5) is 0 Å². The quantitative estimate of drug-likeness (QED) is 0.823. The van der Waals surface area contributed by atoms with Crippen LogP contribution in [0.15, 0.2) is 29.2 Å². The molecule has 0 saturated carbocycles. The summed E-state index contributed by atoms with van der Waals surface area (Å²) in [6.45, 7) is 3.08. The molecule has 15 heavy (non-hydrogen) atoms. The molecule has 2 N–H and O–H groups in total. The van der Waals surface area contributed by atoms with Crippen LogP contribution in [0, 0.1) is 6.92 Å². The molecule has 0 heterocycles. The van der Waals surface area contributed by atoms with E-state index in [4.69, 9.17) is 5.73 Å². The highest BCUT2D eigenvalue weighted by Crippen LogP contribution is 2.16. The van der Waals surface area contributed by atoms with Crippen molar-refractivity contribution in [3.8, 4) is 0 Å². The van der Waals surface area contributed by atoms with E-state index in [1.54, 1.807) is 19.1 Å². The van der Waals surface area contributed by atoms with E-state index in [1.807, 2.05) is 0 Å². The van der Waals surface area contributed by atoms with Gasteiger partial charge in [-0.2, -0.15) is 0 Å². The summed E-state index contributed by atoms with van der Waals surface area (Å²) in [5, 5.41) is -1.20. The number of carbonyl (C=O) groups excluding carboxylic acids is 1. The number of hydrogen-bond acceptors (Lipinski definition) is 3. The van der Waals surface area contributed by atoms with E-state index in [2.05, 4.69) is 0 Å². The Hall–Kier alpha value is -1.36. The highest BCUT2D eigenvalue weighted by Gasteiger charge is 2.27. The number of aryl methyl sites for hydroxylation is 1. The van der Waals surface area contributed by atoms with Crippen LogP contribution in [0.2, 0.25) is 0 Å². The molecular weight excluding hydrogens is 214 g/mol. The van der Waals surface area contributed by atoms with Crippen molar-refractivity contribution in [3.63, 3.8) is 0 Å². The molecule has 1 rings (SSSR count). The second-order valence-corrected chi connectivity index (χ2v) is 5.67. The maximum atomic E-state index is 11.8. The maximum absolute atomic E-state index is 11.8. The lowest BCUT2D eigenvalue weighted by Gasteiger charge is -2.09. The lowest BCUT2D eigenvalue weighted by molar-refractivity contribution is -0.117. The first-order chi connectivity index (χ1) is 6.85. The van der Waals surface area contributed by atoms with Crippen molar-refractivity contribution in [1.82, 2.24) is 0 Å². The number of carbonyl (C=O) groups is 1. The Morgan fingerprint density at radius 3 is 2.47 bits per heavy atom. The van der Waals surface area contributed by atoms with Gasteiger partial charge in [-0.15, -0.1) is 0 Å². The van der Waals surface area contributed by atoms with E-state index in [9.17, 15) is 13.2 Å². The van der Waals surface area contributed by atoms with Crippen LogP contribution in [0.5, 0.6) is 0 Å². The van der Waals surface area contributed by atoms with Gasteiger partial charge in [0.1, 0.15) is 5.25 Å². The first-order valence-corrected chi connectivity index (χ1v) is 6.00. The molecule has 0 aliphatic rings. The average Bonchev–Trinajstić information content (AvgIpc) is 2.16. The van der Waals surface area contributed by atoms with Gasteiger partial charge >= 0.3 is 0 Å². The normalized spacial score (nSPS) is 13.5. The Kier molecular flexibility index (Phi) is 3.14. The highest BCUT2D eigenvalue weighted by molar-refractivity contribution is 7.92. The minimum atomic E-state index is -3.64. The van der Waals surface area contributed by atoms with Crippen LogP contribution in [0.25, 0.3) is 0 Å². The summed E-state index contributed by atoms with van der Waals surface area (Å²) >= 11 is 0. The minimum Gasteiger partial charge on any atom is -0.369 e. The van der Waals surface area contributed by atoms with Gasteiger partial charge in [-0.3, -0.25) is 4.79 Å². The molecule has 0 aromatic heterocycles. The van der Waals surface area contributed by atoms with Crippen LogP contribution >= 0.6 is 0 Å². The fraction of sp³-hybridized carbons (Fsp3) is 0.300. The Morgan fingerprint density at radius 1 is 1.40 bits per heavy atom. The average molecular weight is 227 g/mol. The van der Waals surface area contributed by atoms with Crippen LogP contribution < -0.4 is 5.73 Å². The first kappa shape index (κ1) is 11.7. The molecule has 1 unspecified atom stereocenters. The summed E-state index contributed by atoms with van der Waals surface area (Å²) in [5.74, 6) is -0.837. The molecule has 0 aliphatic carbocycles. The molecule has 0 saturated heterocycles. The summed E-state index contributed by atoms with van der Waals surface area (Å²) < 4.78 is 23.6. The third kappa shape index (κ3) is 2.36. The molecular formula is C10H13NO3S. The van der Waals surface area contributed by atoms with Crippen LogP contribution in [-0.2, 0) is 14.6 Å². The summed E-state index contributed by atoms with van der Waals surface area (Å²) in [5.41, 5.74) is 5.81. The summed E-state index contributed by atoms with van der Waals surface area (Å²) in [6.07, 6.45) is 0. The molecule has 0 aliphatic heterocycles. The maximum Gasteiger partial charge on any atom is 0.235 e. The van der Waals surface area contributed by atoms with Crippen molar-refractivity contribution in [1.29, 1.82) is 0 Å². The van der Waals surface area contributed by atoms with Gasteiger partial charge in [-0.1, -0.05) is 12.1 Å². The van der Waals surface area contributed by atoms with Crippen LogP contribution in [0.1, 0.15) is 12.5 Å². The molecule has 0 fully saturated rings. The van der Waals surface area contributed by atoms with Gasteiger partial charge in [0.25, 0.3) is 0 Å². The van der Waals surface area contributed by atoms with E-state index < -0.39 is 21.0 Å². The molecule has 1 aromatic rings. The van der Waals surface area contributed by atoms with Gasteiger partial charge in [0.2, 0.25) is 5.91 Å². The third-order valence-electron chi connectivity index (χ3n) is 2.18. The Labute approximate surface area is 89.0 Å². The number of primary amides is 1. The van der Waals surface area contributed by atoms with E-state index in [1.165, 1.54) is 19.1 Å². The SMILES string of the molecule is Cc1cccc(S(=O)(=O)C(C)C(N)=O)c1. The van der Waals surface area contributed by atoms with Gasteiger partial charge in [0, 0.05) is 0 Å². The van der Waals surface area contributed by atoms with Crippen LogP contribution in [-0.4, -0.2) is 19.6 Å². The molecule has 82 valence electrons. The highest BCUT2D eigenvalue weighted by atomic mass is 32.2. The van der Waals surface area contributed by atoms with E-state index in [0.29, 0.717) is 0 Å². The number of hydrogen-bond donors (Lipinski definition) is 1. The topological polar surface area (TPSA) is 77.2 Å². The Morgan fingerprint density at radius 2 is 2.00 bits per heavy atom. The standard InChI is InChI=1S/C10H13NO3S/c1-7-4-3-5-9(6-7)15(13,14)8(2)10(11)12/h3-6,8H,1-2H3,(H2,11,12). The summed E-state index contributed by atoms with van der Waals surface area (Å²) in [4.78, 5) is 11.0. The monoisotopic (exact) mass is 227 g/mol. The fourth-order valence-electron chi connectivity index (χ4n) is 1.15. The third-order valence-corrected chi connectivity index (χ3v) is 4.26. The van der Waals surface area contributed by atoms with Gasteiger partial charge < -0.3 is 5.73 Å². The van der Waals surface area contributed by atoms with Gasteiger partial charge in [0.15, 0.2) is 9.84 Å². The van der Waals surface area contributed by atoms with Crippen molar-refractivity contribution in [2.24, 2.45) is 5.73 Å². The molecule has 4 nitrogen and oxygen atoms in total. The van der Waals surface area contributed by atoms with Crippen molar-refractivity contribution >= 4 is 15.7 Å². The van der Waals surface area contributed by atoms with Crippen molar-refractivity contribution in [2.75, 3.05) is 0 Å². The number of amides is 1. The molecule has 0 radical (unpaired) electrons.